The maximum Gasteiger partial charge on any atom is 0.117 e. The summed E-state index contributed by atoms with van der Waals surface area (Å²) < 4.78 is 5.68. The fourth-order valence-electron chi connectivity index (χ4n) is 2.37. The molecule has 2 rings (SSSR count). The first-order valence-electron chi connectivity index (χ1n) is 6.23. The zero-order chi connectivity index (χ0) is 12.1. The highest BCUT2D eigenvalue weighted by Crippen LogP contribution is 2.24. The van der Waals surface area contributed by atoms with Crippen LogP contribution in [-0.2, 0) is 12.3 Å². The number of aliphatic hydroxyl groups excluding tert-OH is 1. The first kappa shape index (κ1) is 13.0. The summed E-state index contributed by atoms with van der Waals surface area (Å²) in [6.45, 7) is 1.77. The third-order valence-corrected chi connectivity index (χ3v) is 3.82. The standard InChI is InChI=1S/C13H21NO2S/c1-17-9-13-5-4-12(16-13)8-14-7-10-2-3-11(15)6-10/h4-5,10-11,14-15H,2-3,6-9H2,1H3. The molecule has 4 heteroatoms. The molecule has 1 saturated carbocycles. The molecule has 0 amide bonds. The second-order valence-corrected chi connectivity index (χ2v) is 5.63. The van der Waals surface area contributed by atoms with Crippen molar-refractivity contribution in [2.45, 2.75) is 37.7 Å². The van der Waals surface area contributed by atoms with Crippen molar-refractivity contribution in [2.24, 2.45) is 5.92 Å². The second-order valence-electron chi connectivity index (χ2n) is 4.76. The van der Waals surface area contributed by atoms with E-state index in [2.05, 4.69) is 11.6 Å². The Hall–Kier alpha value is -0.450. The summed E-state index contributed by atoms with van der Waals surface area (Å²) in [4.78, 5) is 0. The molecule has 3 nitrogen and oxygen atoms in total. The minimum atomic E-state index is -0.0707. The lowest BCUT2D eigenvalue weighted by molar-refractivity contribution is 0.177. The molecule has 0 spiro atoms. The fourth-order valence-corrected chi connectivity index (χ4v) is 2.81. The molecule has 96 valence electrons. The Morgan fingerprint density at radius 3 is 2.94 bits per heavy atom. The number of nitrogens with one attached hydrogen (secondary N) is 1. The Morgan fingerprint density at radius 2 is 2.24 bits per heavy atom. The van der Waals surface area contributed by atoms with Gasteiger partial charge < -0.3 is 14.8 Å². The predicted octanol–water partition coefficient (Wildman–Crippen LogP) is 2.39. The summed E-state index contributed by atoms with van der Waals surface area (Å²) in [5.41, 5.74) is 0. The van der Waals surface area contributed by atoms with E-state index in [4.69, 9.17) is 4.42 Å². The van der Waals surface area contributed by atoms with E-state index in [0.29, 0.717) is 5.92 Å². The monoisotopic (exact) mass is 255 g/mol. The Bertz CT molecular complexity index is 340. The lowest BCUT2D eigenvalue weighted by Gasteiger charge is -2.09. The van der Waals surface area contributed by atoms with Gasteiger partial charge in [-0.25, -0.2) is 0 Å². The maximum absolute atomic E-state index is 9.43. The van der Waals surface area contributed by atoms with E-state index in [1.54, 1.807) is 11.8 Å². The van der Waals surface area contributed by atoms with Crippen molar-refractivity contribution < 1.29 is 9.52 Å². The molecule has 1 aliphatic carbocycles. The Morgan fingerprint density at radius 1 is 1.41 bits per heavy atom. The third-order valence-electron chi connectivity index (χ3n) is 3.25. The number of thioether (sulfide) groups is 1. The molecule has 1 heterocycles. The number of hydrogen-bond acceptors (Lipinski definition) is 4. The highest BCUT2D eigenvalue weighted by Gasteiger charge is 2.22. The molecular weight excluding hydrogens is 234 g/mol. The van der Waals surface area contributed by atoms with Gasteiger partial charge in [0.25, 0.3) is 0 Å². The van der Waals surface area contributed by atoms with Gasteiger partial charge in [-0.1, -0.05) is 0 Å². The average Bonchev–Trinajstić information content (AvgIpc) is 2.89. The number of hydrogen-bond donors (Lipinski definition) is 2. The van der Waals surface area contributed by atoms with Crippen LogP contribution in [0, 0.1) is 5.92 Å². The van der Waals surface area contributed by atoms with Crippen LogP contribution in [0.1, 0.15) is 30.8 Å². The van der Waals surface area contributed by atoms with Crippen molar-refractivity contribution in [1.82, 2.24) is 5.32 Å². The van der Waals surface area contributed by atoms with Crippen LogP contribution in [0.4, 0.5) is 0 Å². The zero-order valence-electron chi connectivity index (χ0n) is 10.3. The van der Waals surface area contributed by atoms with Crippen LogP contribution in [0.3, 0.4) is 0 Å². The predicted molar refractivity (Wildman–Crippen MR) is 71.0 cm³/mol. The van der Waals surface area contributed by atoms with Crippen molar-refractivity contribution in [1.29, 1.82) is 0 Å². The lowest BCUT2D eigenvalue weighted by Crippen LogP contribution is -2.21. The molecule has 2 unspecified atom stereocenters. The first-order chi connectivity index (χ1) is 8.28. The summed E-state index contributed by atoms with van der Waals surface area (Å²) in [7, 11) is 0. The first-order valence-corrected chi connectivity index (χ1v) is 7.62. The maximum atomic E-state index is 9.43. The molecule has 2 atom stereocenters. The molecule has 0 saturated heterocycles. The minimum absolute atomic E-state index is 0.0707. The van der Waals surface area contributed by atoms with E-state index in [1.165, 1.54) is 0 Å². The average molecular weight is 255 g/mol. The van der Waals surface area contributed by atoms with E-state index in [-0.39, 0.29) is 6.10 Å². The highest BCUT2D eigenvalue weighted by atomic mass is 32.2. The summed E-state index contributed by atoms with van der Waals surface area (Å²) in [5, 5.41) is 12.8. The van der Waals surface area contributed by atoms with Gasteiger partial charge in [0.05, 0.1) is 18.4 Å². The minimum Gasteiger partial charge on any atom is -0.464 e. The van der Waals surface area contributed by atoms with Gasteiger partial charge in [-0.3, -0.25) is 0 Å². The van der Waals surface area contributed by atoms with Crippen LogP contribution in [0.15, 0.2) is 16.5 Å². The number of rotatable bonds is 6. The normalized spacial score (nSPS) is 24.4. The second kappa shape index (κ2) is 6.47. The van der Waals surface area contributed by atoms with Crippen molar-refractivity contribution in [3.63, 3.8) is 0 Å². The molecule has 0 aliphatic heterocycles. The van der Waals surface area contributed by atoms with Gasteiger partial charge in [0.2, 0.25) is 0 Å². The molecule has 0 radical (unpaired) electrons. The van der Waals surface area contributed by atoms with Gasteiger partial charge in [-0.15, -0.1) is 0 Å². The largest absolute Gasteiger partial charge is 0.464 e. The summed E-state index contributed by atoms with van der Waals surface area (Å²) >= 11 is 1.77. The van der Waals surface area contributed by atoms with Crippen LogP contribution in [0.5, 0.6) is 0 Å². The molecule has 1 fully saturated rings. The Kier molecular flexibility index (Phi) is 4.95. The molecule has 0 aromatic carbocycles. The quantitative estimate of drug-likeness (QED) is 0.819. The van der Waals surface area contributed by atoms with Crippen LogP contribution >= 0.6 is 11.8 Å². The topological polar surface area (TPSA) is 45.4 Å². The van der Waals surface area contributed by atoms with Gasteiger partial charge in [-0.2, -0.15) is 11.8 Å². The Labute approximate surface area is 107 Å². The molecule has 1 aliphatic rings. The smallest absolute Gasteiger partial charge is 0.117 e. The molecule has 0 bridgehead atoms. The molecule has 1 aromatic rings. The molecule has 2 N–H and O–H groups in total. The van der Waals surface area contributed by atoms with Gasteiger partial charge >= 0.3 is 0 Å². The molecular formula is C13H21NO2S. The number of aliphatic hydroxyl groups is 1. The molecule has 17 heavy (non-hydrogen) atoms. The number of furan rings is 1. The van der Waals surface area contributed by atoms with Gasteiger partial charge in [0.15, 0.2) is 0 Å². The highest BCUT2D eigenvalue weighted by molar-refractivity contribution is 7.97. The summed E-state index contributed by atoms with van der Waals surface area (Å²) in [5.74, 6) is 3.62. The summed E-state index contributed by atoms with van der Waals surface area (Å²) in [6.07, 6.45) is 5.06. The van der Waals surface area contributed by atoms with Gasteiger partial charge in [0.1, 0.15) is 11.5 Å². The van der Waals surface area contributed by atoms with E-state index in [1.807, 2.05) is 12.1 Å². The third kappa shape index (κ3) is 4.05. The SMILES string of the molecule is CSCc1ccc(CNCC2CCC(O)C2)o1. The van der Waals surface area contributed by atoms with E-state index < -0.39 is 0 Å². The van der Waals surface area contributed by atoms with E-state index >= 15 is 0 Å². The van der Waals surface area contributed by atoms with Gasteiger partial charge in [-0.05, 0) is 50.1 Å². The molecule has 1 aromatic heterocycles. The van der Waals surface area contributed by atoms with Crippen LogP contribution < -0.4 is 5.32 Å². The van der Waals surface area contributed by atoms with Crippen LogP contribution in [-0.4, -0.2) is 24.0 Å². The Balaban J connectivity index is 1.67. The van der Waals surface area contributed by atoms with Crippen molar-refractivity contribution in [2.75, 3.05) is 12.8 Å². The van der Waals surface area contributed by atoms with Crippen molar-refractivity contribution >= 4 is 11.8 Å². The zero-order valence-corrected chi connectivity index (χ0v) is 11.1. The van der Waals surface area contributed by atoms with Crippen molar-refractivity contribution in [3.05, 3.63) is 23.7 Å². The van der Waals surface area contributed by atoms with E-state index in [9.17, 15) is 5.11 Å². The summed E-state index contributed by atoms with van der Waals surface area (Å²) in [6, 6.07) is 4.09. The lowest BCUT2D eigenvalue weighted by atomic mass is 10.1. The van der Waals surface area contributed by atoms with Crippen molar-refractivity contribution in [3.8, 4) is 0 Å². The van der Waals surface area contributed by atoms with Crippen LogP contribution in [0.25, 0.3) is 0 Å². The van der Waals surface area contributed by atoms with Gasteiger partial charge in [0, 0.05) is 0 Å². The van der Waals surface area contributed by atoms with E-state index in [0.717, 1.165) is 49.6 Å². The fraction of sp³-hybridized carbons (Fsp3) is 0.692. The van der Waals surface area contributed by atoms with Crippen LogP contribution in [0.2, 0.25) is 0 Å².